The first-order valence-corrected chi connectivity index (χ1v) is 10.4. The molecule has 1 aromatic heterocycles. The first-order chi connectivity index (χ1) is 11.7. The number of thiophene rings is 1. The van der Waals surface area contributed by atoms with Crippen molar-refractivity contribution in [3.05, 3.63) is 53.4 Å². The van der Waals surface area contributed by atoms with Gasteiger partial charge < -0.3 is 5.32 Å². The summed E-state index contributed by atoms with van der Waals surface area (Å²) in [6, 6.07) is 12.7. The first kappa shape index (κ1) is 19.6. The minimum Gasteiger partial charge on any atom is -0.348 e. The van der Waals surface area contributed by atoms with Gasteiger partial charge in [0.05, 0.1) is 12.6 Å². The Morgan fingerprint density at radius 2 is 1.80 bits per heavy atom. The van der Waals surface area contributed by atoms with Crippen LogP contribution in [0.1, 0.15) is 38.8 Å². The molecular formula is C18H24N2O3S2. The SMILES string of the molecule is CC(C)(C)CC(NC(=O)CNS(=O)(=O)c1cccs1)c1ccccc1. The predicted octanol–water partition coefficient (Wildman–Crippen LogP) is 3.32. The van der Waals surface area contributed by atoms with Crippen LogP contribution in [0.5, 0.6) is 0 Å². The summed E-state index contributed by atoms with van der Waals surface area (Å²) in [5.41, 5.74) is 1.02. The highest BCUT2D eigenvalue weighted by atomic mass is 32.2. The van der Waals surface area contributed by atoms with Crippen molar-refractivity contribution < 1.29 is 13.2 Å². The normalized spacial score (nSPS) is 13.4. The lowest BCUT2D eigenvalue weighted by molar-refractivity contribution is -0.120. The van der Waals surface area contributed by atoms with Crippen molar-refractivity contribution in [1.29, 1.82) is 0 Å². The number of benzene rings is 1. The zero-order valence-corrected chi connectivity index (χ0v) is 16.3. The van der Waals surface area contributed by atoms with E-state index < -0.39 is 10.0 Å². The van der Waals surface area contributed by atoms with Crippen LogP contribution in [0.2, 0.25) is 0 Å². The molecule has 0 spiro atoms. The average Bonchev–Trinajstić information content (AvgIpc) is 3.07. The Balaban J connectivity index is 2.02. The Bertz CT molecular complexity index is 779. The van der Waals surface area contributed by atoms with E-state index in [1.807, 2.05) is 30.3 Å². The molecule has 0 aliphatic rings. The molecule has 0 fully saturated rings. The standard InChI is InChI=1S/C18H24N2O3S2/c1-18(2,3)12-15(14-8-5-4-6-9-14)20-16(21)13-19-25(22,23)17-10-7-11-24-17/h4-11,15,19H,12-13H2,1-3H3,(H,20,21). The van der Waals surface area contributed by atoms with Gasteiger partial charge in [0, 0.05) is 0 Å². The monoisotopic (exact) mass is 380 g/mol. The van der Waals surface area contributed by atoms with Gasteiger partial charge in [0.1, 0.15) is 4.21 Å². The number of hydrogen-bond donors (Lipinski definition) is 2. The highest BCUT2D eigenvalue weighted by molar-refractivity contribution is 7.91. The van der Waals surface area contributed by atoms with Crippen LogP contribution in [-0.2, 0) is 14.8 Å². The Labute approximate surface area is 153 Å². The summed E-state index contributed by atoms with van der Waals surface area (Å²) in [6.45, 7) is 6.03. The van der Waals surface area contributed by atoms with Gasteiger partial charge in [0.2, 0.25) is 5.91 Å². The van der Waals surface area contributed by atoms with Crippen LogP contribution in [0.4, 0.5) is 0 Å². The molecule has 136 valence electrons. The van der Waals surface area contributed by atoms with Crippen LogP contribution in [0, 0.1) is 5.41 Å². The van der Waals surface area contributed by atoms with Crippen molar-refractivity contribution in [1.82, 2.24) is 10.0 Å². The predicted molar refractivity (Wildman–Crippen MR) is 101 cm³/mol. The molecule has 1 atom stereocenters. The third-order valence-corrected chi connectivity index (χ3v) is 6.34. The molecule has 25 heavy (non-hydrogen) atoms. The summed E-state index contributed by atoms with van der Waals surface area (Å²) in [4.78, 5) is 12.3. The van der Waals surface area contributed by atoms with Crippen LogP contribution in [0.3, 0.4) is 0 Å². The molecule has 1 amide bonds. The van der Waals surface area contributed by atoms with E-state index in [1.54, 1.807) is 11.4 Å². The molecule has 0 aliphatic heterocycles. The highest BCUT2D eigenvalue weighted by Gasteiger charge is 2.23. The topological polar surface area (TPSA) is 75.3 Å². The van der Waals surface area contributed by atoms with Crippen LogP contribution in [0.15, 0.2) is 52.1 Å². The Morgan fingerprint density at radius 3 is 2.36 bits per heavy atom. The third-order valence-electron chi connectivity index (χ3n) is 3.54. The maximum atomic E-state index is 12.3. The van der Waals surface area contributed by atoms with Crippen LogP contribution >= 0.6 is 11.3 Å². The summed E-state index contributed by atoms with van der Waals surface area (Å²) in [7, 11) is -3.64. The second kappa shape index (κ2) is 8.12. The molecule has 0 radical (unpaired) electrons. The van der Waals surface area contributed by atoms with E-state index >= 15 is 0 Å². The average molecular weight is 381 g/mol. The van der Waals surface area contributed by atoms with Crippen LogP contribution < -0.4 is 10.0 Å². The zero-order chi connectivity index (χ0) is 18.5. The summed E-state index contributed by atoms with van der Waals surface area (Å²) >= 11 is 1.12. The van der Waals surface area contributed by atoms with Gasteiger partial charge in [0.25, 0.3) is 10.0 Å². The number of amides is 1. The highest BCUT2D eigenvalue weighted by Crippen LogP contribution is 2.29. The van der Waals surface area contributed by atoms with Crippen molar-refractivity contribution in [3.8, 4) is 0 Å². The van der Waals surface area contributed by atoms with Gasteiger partial charge in [-0.3, -0.25) is 4.79 Å². The number of nitrogens with one attached hydrogen (secondary N) is 2. The van der Waals surface area contributed by atoms with Crippen molar-refractivity contribution in [2.24, 2.45) is 5.41 Å². The maximum Gasteiger partial charge on any atom is 0.250 e. The minimum atomic E-state index is -3.64. The Kier molecular flexibility index (Phi) is 6.37. The van der Waals surface area contributed by atoms with Crippen LogP contribution in [0.25, 0.3) is 0 Å². The molecule has 1 heterocycles. The van der Waals surface area contributed by atoms with E-state index in [0.717, 1.165) is 23.3 Å². The van der Waals surface area contributed by atoms with Crippen molar-refractivity contribution in [2.45, 2.75) is 37.4 Å². The molecule has 7 heteroatoms. The molecule has 0 saturated carbocycles. The fourth-order valence-electron chi connectivity index (χ4n) is 2.44. The number of carbonyl (C=O) groups is 1. The lowest BCUT2D eigenvalue weighted by atomic mass is 9.85. The smallest absolute Gasteiger partial charge is 0.250 e. The van der Waals surface area contributed by atoms with E-state index in [2.05, 4.69) is 30.8 Å². The van der Waals surface area contributed by atoms with Gasteiger partial charge in [-0.2, -0.15) is 0 Å². The van der Waals surface area contributed by atoms with Gasteiger partial charge in [-0.15, -0.1) is 11.3 Å². The molecule has 0 saturated heterocycles. The first-order valence-electron chi connectivity index (χ1n) is 8.05. The molecule has 2 aromatic rings. The molecule has 0 aliphatic carbocycles. The lowest BCUT2D eigenvalue weighted by Gasteiger charge is -2.27. The van der Waals surface area contributed by atoms with Gasteiger partial charge >= 0.3 is 0 Å². The van der Waals surface area contributed by atoms with E-state index in [4.69, 9.17) is 0 Å². The second-order valence-electron chi connectivity index (χ2n) is 7.05. The quantitative estimate of drug-likeness (QED) is 0.774. The Hall–Kier alpha value is -1.70. The number of rotatable bonds is 7. The van der Waals surface area contributed by atoms with Crippen molar-refractivity contribution >= 4 is 27.3 Å². The number of sulfonamides is 1. The zero-order valence-electron chi connectivity index (χ0n) is 14.7. The van der Waals surface area contributed by atoms with E-state index in [9.17, 15) is 13.2 Å². The number of carbonyl (C=O) groups excluding carboxylic acids is 1. The third kappa shape index (κ3) is 6.26. The minimum absolute atomic E-state index is 0.0181. The van der Waals surface area contributed by atoms with E-state index in [0.29, 0.717) is 0 Å². The van der Waals surface area contributed by atoms with Crippen molar-refractivity contribution in [2.75, 3.05) is 6.54 Å². The van der Waals surface area contributed by atoms with Crippen LogP contribution in [-0.4, -0.2) is 20.9 Å². The van der Waals surface area contributed by atoms with E-state index in [1.165, 1.54) is 6.07 Å². The molecule has 2 rings (SSSR count). The van der Waals surface area contributed by atoms with Gasteiger partial charge in [-0.25, -0.2) is 13.1 Å². The lowest BCUT2D eigenvalue weighted by Crippen LogP contribution is -2.39. The molecule has 2 N–H and O–H groups in total. The largest absolute Gasteiger partial charge is 0.348 e. The summed E-state index contributed by atoms with van der Waals surface area (Å²) < 4.78 is 26.8. The number of hydrogen-bond acceptors (Lipinski definition) is 4. The summed E-state index contributed by atoms with van der Waals surface area (Å²) in [6.07, 6.45) is 0.750. The fraction of sp³-hybridized carbons (Fsp3) is 0.389. The van der Waals surface area contributed by atoms with Crippen molar-refractivity contribution in [3.63, 3.8) is 0 Å². The van der Waals surface area contributed by atoms with Gasteiger partial charge in [-0.05, 0) is 28.8 Å². The van der Waals surface area contributed by atoms with Gasteiger partial charge in [0.15, 0.2) is 0 Å². The molecular weight excluding hydrogens is 356 g/mol. The second-order valence-corrected chi connectivity index (χ2v) is 9.99. The summed E-state index contributed by atoms with van der Waals surface area (Å²) in [5.74, 6) is -0.349. The van der Waals surface area contributed by atoms with Gasteiger partial charge in [-0.1, -0.05) is 57.2 Å². The molecule has 1 unspecified atom stereocenters. The fourth-order valence-corrected chi connectivity index (χ4v) is 4.46. The molecule has 1 aromatic carbocycles. The maximum absolute atomic E-state index is 12.3. The van der Waals surface area contributed by atoms with E-state index in [-0.39, 0.29) is 28.1 Å². The Morgan fingerprint density at radius 1 is 1.12 bits per heavy atom. The molecule has 5 nitrogen and oxygen atoms in total. The molecule has 0 bridgehead atoms. The summed E-state index contributed by atoms with van der Waals surface area (Å²) in [5, 5.41) is 4.63.